The van der Waals surface area contributed by atoms with Gasteiger partial charge >= 0.3 is 0 Å². The predicted octanol–water partition coefficient (Wildman–Crippen LogP) is 4.25. The Morgan fingerprint density at radius 2 is 1.47 bits per heavy atom. The first-order valence-electron chi connectivity index (χ1n) is 9.54. The molecule has 2 aliphatic rings. The lowest BCUT2D eigenvalue weighted by molar-refractivity contribution is 0.263. The number of phenolic OH excluding ortho intramolecular Hbond substituents is 1. The van der Waals surface area contributed by atoms with Gasteiger partial charge in [0.1, 0.15) is 24.2 Å². The zero-order chi connectivity index (χ0) is 21.2. The third kappa shape index (κ3) is 10.6. The van der Waals surface area contributed by atoms with Crippen molar-refractivity contribution in [3.63, 3.8) is 0 Å². The second kappa shape index (κ2) is 13.2. The second-order valence-electron chi connectivity index (χ2n) is 7.18. The molecule has 168 valence electrons. The Labute approximate surface area is 185 Å². The van der Waals surface area contributed by atoms with Gasteiger partial charge in [0.15, 0.2) is 0 Å². The van der Waals surface area contributed by atoms with Crippen molar-refractivity contribution in [3.8, 4) is 11.5 Å². The lowest BCUT2D eigenvalue weighted by Gasteiger charge is -2.13. The Kier molecular flexibility index (Phi) is 11.4. The highest BCUT2D eigenvalue weighted by Gasteiger charge is 2.23. The van der Waals surface area contributed by atoms with E-state index in [-0.39, 0.29) is 7.43 Å². The van der Waals surface area contributed by atoms with Crippen molar-refractivity contribution in [2.45, 2.75) is 19.6 Å². The van der Waals surface area contributed by atoms with Crippen molar-refractivity contribution in [3.05, 3.63) is 48.5 Å². The SMILES string of the molecule is C.CN(C)c1cccc(O)c1.CN(C)c1cccc(OCC2CO2)c1.ClCC1CO1. The molecule has 2 heterocycles. The van der Waals surface area contributed by atoms with Gasteiger partial charge in [-0.1, -0.05) is 19.6 Å². The number of phenols is 1. The van der Waals surface area contributed by atoms with Gasteiger partial charge in [0.2, 0.25) is 0 Å². The maximum Gasteiger partial charge on any atom is 0.121 e. The Morgan fingerprint density at radius 1 is 0.933 bits per heavy atom. The van der Waals surface area contributed by atoms with E-state index in [4.69, 9.17) is 30.9 Å². The molecule has 0 radical (unpaired) electrons. The zero-order valence-electron chi connectivity index (χ0n) is 17.5. The van der Waals surface area contributed by atoms with E-state index in [0.29, 0.717) is 30.4 Å². The number of alkyl halides is 1. The molecule has 2 unspecified atom stereocenters. The van der Waals surface area contributed by atoms with Gasteiger partial charge in [0.25, 0.3) is 0 Å². The monoisotopic (exact) mass is 438 g/mol. The van der Waals surface area contributed by atoms with Gasteiger partial charge in [-0.05, 0) is 24.3 Å². The molecular formula is C23H35ClN2O4. The lowest BCUT2D eigenvalue weighted by atomic mass is 10.3. The number of halogens is 1. The van der Waals surface area contributed by atoms with E-state index in [2.05, 4.69) is 11.0 Å². The summed E-state index contributed by atoms with van der Waals surface area (Å²) in [5.74, 6) is 1.89. The molecule has 4 rings (SSSR count). The molecule has 2 aromatic carbocycles. The number of rotatable bonds is 6. The Bertz CT molecular complexity index is 735. The van der Waals surface area contributed by atoms with Crippen LogP contribution in [-0.4, -0.2) is 71.2 Å². The van der Waals surface area contributed by atoms with Crippen molar-refractivity contribution >= 4 is 23.0 Å². The first kappa shape index (κ1) is 25.9. The quantitative estimate of drug-likeness (QED) is 0.537. The van der Waals surface area contributed by atoms with Gasteiger partial charge in [0.05, 0.1) is 25.2 Å². The Hall–Kier alpha value is -2.15. The molecule has 2 saturated heterocycles. The summed E-state index contributed by atoms with van der Waals surface area (Å²) in [7, 11) is 7.91. The maximum atomic E-state index is 9.04. The van der Waals surface area contributed by atoms with Crippen molar-refractivity contribution in [1.82, 2.24) is 0 Å². The minimum atomic E-state index is 0. The molecule has 30 heavy (non-hydrogen) atoms. The number of aromatic hydroxyl groups is 1. The number of hydrogen-bond acceptors (Lipinski definition) is 6. The first-order chi connectivity index (χ1) is 13.9. The van der Waals surface area contributed by atoms with Crippen LogP contribution in [-0.2, 0) is 9.47 Å². The third-order valence-electron chi connectivity index (χ3n) is 4.09. The molecule has 2 aromatic rings. The summed E-state index contributed by atoms with van der Waals surface area (Å²) in [6.45, 7) is 2.38. The fourth-order valence-electron chi connectivity index (χ4n) is 2.13. The van der Waals surface area contributed by atoms with Crippen LogP contribution in [0.15, 0.2) is 48.5 Å². The zero-order valence-corrected chi connectivity index (χ0v) is 18.3. The molecule has 0 bridgehead atoms. The van der Waals surface area contributed by atoms with Crippen molar-refractivity contribution < 1.29 is 19.3 Å². The number of benzene rings is 2. The largest absolute Gasteiger partial charge is 0.508 e. The van der Waals surface area contributed by atoms with Gasteiger partial charge in [0, 0.05) is 51.7 Å². The van der Waals surface area contributed by atoms with Crippen LogP contribution >= 0.6 is 11.6 Å². The highest BCUT2D eigenvalue weighted by Crippen LogP contribution is 2.21. The van der Waals surface area contributed by atoms with Crippen molar-refractivity contribution in [1.29, 1.82) is 0 Å². The molecule has 0 aromatic heterocycles. The number of hydrogen-bond donors (Lipinski definition) is 1. The molecule has 0 amide bonds. The predicted molar refractivity (Wildman–Crippen MR) is 126 cm³/mol. The van der Waals surface area contributed by atoms with Gasteiger partial charge in [-0.25, -0.2) is 0 Å². The molecular weight excluding hydrogens is 404 g/mol. The molecule has 0 aliphatic carbocycles. The van der Waals surface area contributed by atoms with E-state index in [9.17, 15) is 0 Å². The average Bonchev–Trinajstić information content (AvgIpc) is 3.62. The summed E-state index contributed by atoms with van der Waals surface area (Å²) in [6.07, 6.45) is 0.717. The van der Waals surface area contributed by atoms with E-state index >= 15 is 0 Å². The van der Waals surface area contributed by atoms with Crippen LogP contribution in [0.1, 0.15) is 7.43 Å². The van der Waals surface area contributed by atoms with Crippen LogP contribution in [0, 0.1) is 0 Å². The molecule has 2 atom stereocenters. The number of anilines is 2. The normalized spacial score (nSPS) is 17.8. The third-order valence-corrected chi connectivity index (χ3v) is 4.44. The molecule has 0 spiro atoms. The lowest BCUT2D eigenvalue weighted by Crippen LogP contribution is -2.09. The highest BCUT2D eigenvalue weighted by molar-refractivity contribution is 6.18. The Balaban J connectivity index is 0.000000246. The standard InChI is InChI=1S/C11H15NO2.C8H11NO.C3H5ClO.CH4/c1-12(2)9-4-3-5-10(6-9)13-7-11-8-14-11;1-9(2)7-4-3-5-8(10)6-7;4-1-3-2-5-3;/h3-6,11H,7-8H2,1-2H3;3-6,10H,1-2H3;3H,1-2H2;1H4. The highest BCUT2D eigenvalue weighted by atomic mass is 35.5. The topological polar surface area (TPSA) is 61.0 Å². The maximum absolute atomic E-state index is 9.04. The molecule has 1 N–H and O–H groups in total. The molecule has 2 fully saturated rings. The van der Waals surface area contributed by atoms with E-state index < -0.39 is 0 Å². The molecule has 0 saturated carbocycles. The van der Waals surface area contributed by atoms with Crippen LogP contribution in [0.3, 0.4) is 0 Å². The summed E-state index contributed by atoms with van der Waals surface area (Å²) >= 11 is 5.27. The average molecular weight is 439 g/mol. The number of epoxide rings is 2. The Morgan fingerprint density at radius 3 is 1.87 bits per heavy atom. The number of nitrogens with zero attached hydrogens (tertiary/aromatic N) is 2. The van der Waals surface area contributed by atoms with Gasteiger partial charge < -0.3 is 29.1 Å². The first-order valence-corrected chi connectivity index (χ1v) is 10.1. The van der Waals surface area contributed by atoms with Crippen LogP contribution in [0.25, 0.3) is 0 Å². The molecule has 6 nitrogen and oxygen atoms in total. The van der Waals surface area contributed by atoms with Gasteiger partial charge in [-0.2, -0.15) is 0 Å². The fourth-order valence-corrected chi connectivity index (χ4v) is 2.31. The van der Waals surface area contributed by atoms with E-state index in [1.807, 2.05) is 63.4 Å². The minimum Gasteiger partial charge on any atom is -0.508 e. The summed E-state index contributed by atoms with van der Waals surface area (Å²) in [4.78, 5) is 4.00. The second-order valence-corrected chi connectivity index (χ2v) is 7.49. The number of ether oxygens (including phenoxy) is 3. The molecule has 7 heteroatoms. The van der Waals surface area contributed by atoms with E-state index in [1.54, 1.807) is 12.1 Å². The van der Waals surface area contributed by atoms with Crippen LogP contribution in [0.2, 0.25) is 0 Å². The summed E-state index contributed by atoms with van der Waals surface area (Å²) in [5.41, 5.74) is 2.17. The van der Waals surface area contributed by atoms with Gasteiger partial charge in [-0.3, -0.25) is 0 Å². The van der Waals surface area contributed by atoms with E-state index in [1.165, 1.54) is 0 Å². The summed E-state index contributed by atoms with van der Waals surface area (Å²) < 4.78 is 15.4. The summed E-state index contributed by atoms with van der Waals surface area (Å²) in [5, 5.41) is 9.04. The van der Waals surface area contributed by atoms with Crippen molar-refractivity contribution in [2.75, 3.05) is 63.7 Å². The van der Waals surface area contributed by atoms with Gasteiger partial charge in [-0.15, -0.1) is 11.6 Å². The van der Waals surface area contributed by atoms with Crippen LogP contribution in [0.5, 0.6) is 11.5 Å². The minimum absolute atomic E-state index is 0. The van der Waals surface area contributed by atoms with Crippen molar-refractivity contribution in [2.24, 2.45) is 0 Å². The van der Waals surface area contributed by atoms with Crippen LogP contribution in [0.4, 0.5) is 11.4 Å². The smallest absolute Gasteiger partial charge is 0.121 e. The summed E-state index contributed by atoms with van der Waals surface area (Å²) in [6, 6.07) is 15.2. The molecule has 2 aliphatic heterocycles. The van der Waals surface area contributed by atoms with E-state index in [0.717, 1.165) is 30.3 Å². The van der Waals surface area contributed by atoms with Crippen LogP contribution < -0.4 is 14.5 Å². The fraction of sp³-hybridized carbons (Fsp3) is 0.478.